The number of aliphatic hydroxyl groups excluding tert-OH is 1. The molecule has 1 saturated heterocycles. The van der Waals surface area contributed by atoms with Crippen LogP contribution >= 0.6 is 0 Å². The third-order valence-electron chi connectivity index (χ3n) is 5.27. The summed E-state index contributed by atoms with van der Waals surface area (Å²) in [6.45, 7) is 9.29. The van der Waals surface area contributed by atoms with Crippen molar-refractivity contribution < 1.29 is 14.3 Å². The van der Waals surface area contributed by atoms with Crippen LogP contribution in [0.5, 0.6) is 0 Å². The molecular formula is C19H34N4O3. The summed E-state index contributed by atoms with van der Waals surface area (Å²) in [4.78, 5) is 6.70. The van der Waals surface area contributed by atoms with Gasteiger partial charge in [0.05, 0.1) is 18.9 Å². The molecule has 0 aromatic carbocycles. The van der Waals surface area contributed by atoms with Gasteiger partial charge in [-0.05, 0) is 38.1 Å². The van der Waals surface area contributed by atoms with E-state index < -0.39 is 0 Å². The lowest BCUT2D eigenvalue weighted by Gasteiger charge is -2.30. The summed E-state index contributed by atoms with van der Waals surface area (Å²) in [6, 6.07) is 4.10. The predicted octanol–water partition coefficient (Wildman–Crippen LogP) is 1.62. The molecule has 2 unspecified atom stereocenters. The maximum Gasteiger partial charge on any atom is 0.191 e. The van der Waals surface area contributed by atoms with E-state index in [1.165, 1.54) is 0 Å². The molecule has 3 N–H and O–H groups in total. The number of rotatable bonds is 10. The molecule has 2 heterocycles. The minimum absolute atomic E-state index is 0.00828. The fourth-order valence-corrected chi connectivity index (χ4v) is 3.55. The highest BCUT2D eigenvalue weighted by Gasteiger charge is 2.34. The second kappa shape index (κ2) is 10.5. The average Bonchev–Trinajstić information content (AvgIpc) is 3.34. The van der Waals surface area contributed by atoms with Crippen molar-refractivity contribution in [3.63, 3.8) is 0 Å². The minimum Gasteiger partial charge on any atom is -0.468 e. The van der Waals surface area contributed by atoms with E-state index in [9.17, 15) is 5.11 Å². The molecule has 1 aromatic heterocycles. The van der Waals surface area contributed by atoms with Gasteiger partial charge in [-0.2, -0.15) is 0 Å². The van der Waals surface area contributed by atoms with E-state index in [1.807, 2.05) is 12.1 Å². The van der Waals surface area contributed by atoms with Crippen LogP contribution in [0, 0.1) is 5.41 Å². The topological polar surface area (TPSA) is 82.3 Å². The van der Waals surface area contributed by atoms with E-state index in [2.05, 4.69) is 34.4 Å². The van der Waals surface area contributed by atoms with Crippen LogP contribution in [0.15, 0.2) is 27.8 Å². The van der Waals surface area contributed by atoms with Crippen LogP contribution in [0.4, 0.5) is 0 Å². The number of hydrogen-bond acceptors (Lipinski definition) is 5. The zero-order valence-corrected chi connectivity index (χ0v) is 16.3. The first-order chi connectivity index (χ1) is 12.7. The molecule has 148 valence electrons. The van der Waals surface area contributed by atoms with Crippen LogP contribution in [0.3, 0.4) is 0 Å². The lowest BCUT2D eigenvalue weighted by atomic mass is 9.84. The van der Waals surface area contributed by atoms with E-state index >= 15 is 0 Å². The van der Waals surface area contributed by atoms with Crippen LogP contribution in [0.25, 0.3) is 0 Å². The first-order valence-corrected chi connectivity index (χ1v) is 9.58. The highest BCUT2D eigenvalue weighted by molar-refractivity contribution is 5.79. The van der Waals surface area contributed by atoms with Gasteiger partial charge in [0.15, 0.2) is 5.96 Å². The third kappa shape index (κ3) is 5.46. The molecule has 2 atom stereocenters. The molecular weight excluding hydrogens is 332 g/mol. The largest absolute Gasteiger partial charge is 0.468 e. The Kier molecular flexibility index (Phi) is 8.41. The summed E-state index contributed by atoms with van der Waals surface area (Å²) in [6.07, 6.45) is 3.43. The summed E-state index contributed by atoms with van der Waals surface area (Å²) in [5, 5.41) is 16.2. The molecule has 0 amide bonds. The molecule has 2 rings (SSSR count). The normalized spacial score (nSPS) is 22.0. The number of furan rings is 1. The third-order valence-corrected chi connectivity index (χ3v) is 5.27. The quantitative estimate of drug-likeness (QED) is 0.431. The molecule has 1 aromatic rings. The van der Waals surface area contributed by atoms with Gasteiger partial charge in [-0.25, -0.2) is 0 Å². The van der Waals surface area contributed by atoms with Gasteiger partial charge < -0.3 is 24.9 Å². The first kappa shape index (κ1) is 20.7. The Morgan fingerprint density at radius 3 is 2.73 bits per heavy atom. The van der Waals surface area contributed by atoms with Gasteiger partial charge in [0.2, 0.25) is 0 Å². The molecule has 7 heteroatoms. The summed E-state index contributed by atoms with van der Waals surface area (Å²) in [7, 11) is 1.78. The standard InChI is InChI=1S/C19H34N4O3/c1-4-23(5-2)16(17-7-6-11-26-17)13-21-18(20-3)22-14-19(8-10-24)9-12-25-15-19/h6-7,11,16,24H,4-5,8-10,12-15H2,1-3H3,(H2,20,21,22). The predicted molar refractivity (Wildman–Crippen MR) is 103 cm³/mol. The number of aliphatic imine (C=N–C) groups is 1. The van der Waals surface area contributed by atoms with Gasteiger partial charge >= 0.3 is 0 Å². The smallest absolute Gasteiger partial charge is 0.191 e. The Labute approximate surface area is 156 Å². The van der Waals surface area contributed by atoms with Crippen molar-refractivity contribution in [2.24, 2.45) is 10.4 Å². The summed E-state index contributed by atoms with van der Waals surface area (Å²) in [5.74, 6) is 1.72. The van der Waals surface area contributed by atoms with Crippen molar-refractivity contribution in [3.8, 4) is 0 Å². The van der Waals surface area contributed by atoms with E-state index in [-0.39, 0.29) is 18.1 Å². The van der Waals surface area contributed by atoms with Crippen LogP contribution in [-0.4, -0.2) is 69.0 Å². The van der Waals surface area contributed by atoms with Crippen LogP contribution in [0.2, 0.25) is 0 Å². The van der Waals surface area contributed by atoms with Crippen LogP contribution < -0.4 is 10.6 Å². The number of likely N-dealkylation sites (N-methyl/N-ethyl adjacent to an activating group) is 1. The van der Waals surface area contributed by atoms with Crippen molar-refractivity contribution >= 4 is 5.96 Å². The maximum atomic E-state index is 9.37. The summed E-state index contributed by atoms with van der Waals surface area (Å²) < 4.78 is 11.2. The highest BCUT2D eigenvalue weighted by Crippen LogP contribution is 2.31. The van der Waals surface area contributed by atoms with E-state index in [0.717, 1.165) is 50.8 Å². The zero-order valence-electron chi connectivity index (χ0n) is 16.3. The average molecular weight is 367 g/mol. The molecule has 1 fully saturated rings. The van der Waals surface area contributed by atoms with Gasteiger partial charge in [-0.1, -0.05) is 13.8 Å². The van der Waals surface area contributed by atoms with Crippen LogP contribution in [0.1, 0.15) is 38.5 Å². The molecule has 0 saturated carbocycles. The number of guanidine groups is 1. The van der Waals surface area contributed by atoms with Gasteiger partial charge in [0, 0.05) is 38.8 Å². The molecule has 1 aliphatic heterocycles. The maximum absolute atomic E-state index is 9.37. The Morgan fingerprint density at radius 2 is 2.19 bits per heavy atom. The molecule has 0 spiro atoms. The summed E-state index contributed by atoms with van der Waals surface area (Å²) >= 11 is 0. The fourth-order valence-electron chi connectivity index (χ4n) is 3.55. The SMILES string of the molecule is CCN(CC)C(CNC(=NC)NCC1(CCO)CCOC1)c1ccco1. The Balaban J connectivity index is 1.93. The van der Waals surface area contributed by atoms with Gasteiger partial charge in [0.25, 0.3) is 0 Å². The second-order valence-electron chi connectivity index (χ2n) is 6.84. The fraction of sp³-hybridized carbons (Fsp3) is 0.737. The van der Waals surface area contributed by atoms with E-state index in [1.54, 1.807) is 13.3 Å². The lowest BCUT2D eigenvalue weighted by molar-refractivity contribution is 0.127. The molecule has 26 heavy (non-hydrogen) atoms. The summed E-state index contributed by atoms with van der Waals surface area (Å²) in [5.41, 5.74) is -0.00828. The van der Waals surface area contributed by atoms with Gasteiger partial charge in [-0.15, -0.1) is 0 Å². The van der Waals surface area contributed by atoms with Crippen molar-refractivity contribution in [2.75, 3.05) is 53.0 Å². The molecule has 7 nitrogen and oxygen atoms in total. The van der Waals surface area contributed by atoms with Crippen molar-refractivity contribution in [1.29, 1.82) is 0 Å². The van der Waals surface area contributed by atoms with Crippen molar-refractivity contribution in [1.82, 2.24) is 15.5 Å². The van der Waals surface area contributed by atoms with E-state index in [4.69, 9.17) is 9.15 Å². The number of nitrogens with one attached hydrogen (secondary N) is 2. The highest BCUT2D eigenvalue weighted by atomic mass is 16.5. The number of ether oxygens (including phenoxy) is 1. The number of aliphatic hydroxyl groups is 1. The van der Waals surface area contributed by atoms with Gasteiger partial charge in [0.1, 0.15) is 5.76 Å². The van der Waals surface area contributed by atoms with Gasteiger partial charge in [-0.3, -0.25) is 9.89 Å². The van der Waals surface area contributed by atoms with Crippen LogP contribution in [-0.2, 0) is 4.74 Å². The lowest BCUT2D eigenvalue weighted by Crippen LogP contribution is -2.47. The molecule has 1 aliphatic rings. The molecule has 0 radical (unpaired) electrons. The monoisotopic (exact) mass is 366 g/mol. The Morgan fingerprint density at radius 1 is 1.38 bits per heavy atom. The molecule has 0 aliphatic carbocycles. The second-order valence-corrected chi connectivity index (χ2v) is 6.84. The molecule has 0 bridgehead atoms. The van der Waals surface area contributed by atoms with Crippen molar-refractivity contribution in [3.05, 3.63) is 24.2 Å². The van der Waals surface area contributed by atoms with E-state index in [0.29, 0.717) is 13.2 Å². The number of hydrogen-bond donors (Lipinski definition) is 3. The Bertz CT molecular complexity index is 523. The number of nitrogens with zero attached hydrogens (tertiary/aromatic N) is 2. The Hall–Kier alpha value is -1.57. The van der Waals surface area contributed by atoms with Crippen molar-refractivity contribution in [2.45, 2.75) is 32.7 Å². The minimum atomic E-state index is -0.00828. The first-order valence-electron chi connectivity index (χ1n) is 9.58. The zero-order chi connectivity index (χ0) is 18.8.